The summed E-state index contributed by atoms with van der Waals surface area (Å²) in [6.45, 7) is 2.54. The molecule has 0 amide bonds. The van der Waals surface area contributed by atoms with Crippen molar-refractivity contribution in [2.24, 2.45) is 0 Å². The topological polar surface area (TPSA) is 39.1 Å². The molecular formula is C15H16FN3. The van der Waals surface area contributed by atoms with Gasteiger partial charge in [-0.05, 0) is 31.0 Å². The van der Waals surface area contributed by atoms with Gasteiger partial charge in [0.25, 0.3) is 0 Å². The van der Waals surface area contributed by atoms with Crippen molar-refractivity contribution < 1.29 is 4.39 Å². The zero-order valence-corrected chi connectivity index (χ0v) is 10.7. The molecule has 0 radical (unpaired) electrons. The molecule has 0 aliphatic carbocycles. The third-order valence-corrected chi connectivity index (χ3v) is 3.36. The maximum Gasteiger partial charge on any atom is 0.147 e. The van der Waals surface area contributed by atoms with Crippen LogP contribution in [0.3, 0.4) is 0 Å². The first kappa shape index (κ1) is 13.4. The number of hydrogen-bond acceptors (Lipinski definition) is 3. The lowest BCUT2D eigenvalue weighted by molar-refractivity contribution is 0.243. The molecule has 1 aliphatic heterocycles. The number of terminal acetylenes is 1. The van der Waals surface area contributed by atoms with E-state index in [4.69, 9.17) is 11.7 Å². The van der Waals surface area contributed by atoms with Crippen LogP contribution in [0.25, 0.3) is 0 Å². The highest BCUT2D eigenvalue weighted by Gasteiger charge is 2.19. The van der Waals surface area contributed by atoms with Crippen LogP contribution in [0.15, 0.2) is 18.2 Å². The predicted octanol–water partition coefficient (Wildman–Crippen LogP) is 2.21. The quantitative estimate of drug-likeness (QED) is 0.844. The third-order valence-electron chi connectivity index (χ3n) is 3.36. The first-order valence-electron chi connectivity index (χ1n) is 6.35. The maximum absolute atomic E-state index is 13.7. The largest absolute Gasteiger partial charge is 0.380 e. The fourth-order valence-corrected chi connectivity index (χ4v) is 2.29. The van der Waals surface area contributed by atoms with Gasteiger partial charge in [0.15, 0.2) is 0 Å². The highest BCUT2D eigenvalue weighted by atomic mass is 19.1. The van der Waals surface area contributed by atoms with Gasteiger partial charge >= 0.3 is 0 Å². The van der Waals surface area contributed by atoms with Gasteiger partial charge in [0, 0.05) is 19.1 Å². The Labute approximate surface area is 113 Å². The molecule has 0 spiro atoms. The highest BCUT2D eigenvalue weighted by molar-refractivity contribution is 5.49. The van der Waals surface area contributed by atoms with Crippen molar-refractivity contribution >= 4 is 5.69 Å². The summed E-state index contributed by atoms with van der Waals surface area (Å²) >= 11 is 0. The van der Waals surface area contributed by atoms with Crippen LogP contribution in [0.5, 0.6) is 0 Å². The lowest BCUT2D eigenvalue weighted by atomic mass is 10.0. The average Bonchev–Trinajstić information content (AvgIpc) is 2.43. The Kier molecular flexibility index (Phi) is 4.39. The summed E-state index contributed by atoms with van der Waals surface area (Å²) in [5.41, 5.74) is 0.807. The average molecular weight is 257 g/mol. The van der Waals surface area contributed by atoms with Crippen LogP contribution in [-0.4, -0.2) is 30.6 Å². The molecule has 3 nitrogen and oxygen atoms in total. The molecule has 1 heterocycles. The molecule has 1 saturated heterocycles. The van der Waals surface area contributed by atoms with Crippen molar-refractivity contribution in [1.82, 2.24) is 4.90 Å². The zero-order valence-electron chi connectivity index (χ0n) is 10.7. The number of hydrogen-bond donors (Lipinski definition) is 1. The summed E-state index contributed by atoms with van der Waals surface area (Å²) in [7, 11) is 0. The second-order valence-corrected chi connectivity index (χ2v) is 4.71. The third kappa shape index (κ3) is 3.47. The van der Waals surface area contributed by atoms with Crippen LogP contribution in [0.4, 0.5) is 10.1 Å². The minimum Gasteiger partial charge on any atom is -0.380 e. The lowest BCUT2D eigenvalue weighted by Crippen LogP contribution is -2.39. The molecule has 1 aromatic carbocycles. The van der Waals surface area contributed by atoms with Crippen molar-refractivity contribution in [3.8, 4) is 18.4 Å². The lowest BCUT2D eigenvalue weighted by Gasteiger charge is -2.31. The van der Waals surface area contributed by atoms with Crippen molar-refractivity contribution in [3.63, 3.8) is 0 Å². The number of nitrogens with zero attached hydrogens (tertiary/aromatic N) is 2. The molecule has 0 unspecified atom stereocenters. The van der Waals surface area contributed by atoms with E-state index in [1.165, 1.54) is 6.07 Å². The maximum atomic E-state index is 13.7. The van der Waals surface area contributed by atoms with Crippen molar-refractivity contribution in [2.45, 2.75) is 18.9 Å². The van der Waals surface area contributed by atoms with Gasteiger partial charge in [0.05, 0.1) is 23.9 Å². The van der Waals surface area contributed by atoms with E-state index in [0.29, 0.717) is 17.8 Å². The first-order chi connectivity index (χ1) is 9.22. The number of anilines is 1. The Balaban J connectivity index is 1.93. The van der Waals surface area contributed by atoms with Gasteiger partial charge in [0.2, 0.25) is 0 Å². The summed E-state index contributed by atoms with van der Waals surface area (Å²) in [5.74, 6) is 2.27. The van der Waals surface area contributed by atoms with Crippen LogP contribution >= 0.6 is 0 Å². The molecule has 19 heavy (non-hydrogen) atoms. The summed E-state index contributed by atoms with van der Waals surface area (Å²) < 4.78 is 13.7. The molecule has 1 fully saturated rings. The second-order valence-electron chi connectivity index (χ2n) is 4.71. The van der Waals surface area contributed by atoms with Crippen LogP contribution in [0, 0.1) is 29.5 Å². The van der Waals surface area contributed by atoms with E-state index in [1.54, 1.807) is 12.1 Å². The van der Waals surface area contributed by atoms with E-state index in [-0.39, 0.29) is 11.9 Å². The minimum atomic E-state index is -0.370. The summed E-state index contributed by atoms with van der Waals surface area (Å²) in [6.07, 6.45) is 7.17. The van der Waals surface area contributed by atoms with Gasteiger partial charge < -0.3 is 5.32 Å². The van der Waals surface area contributed by atoms with Crippen LogP contribution < -0.4 is 5.32 Å². The minimum absolute atomic E-state index is 0.261. The zero-order chi connectivity index (χ0) is 13.7. The molecule has 0 saturated carbocycles. The van der Waals surface area contributed by atoms with Gasteiger partial charge in [-0.1, -0.05) is 5.92 Å². The number of piperidine rings is 1. The Morgan fingerprint density at radius 3 is 2.74 bits per heavy atom. The smallest absolute Gasteiger partial charge is 0.147 e. The predicted molar refractivity (Wildman–Crippen MR) is 73.0 cm³/mol. The Hall–Kier alpha value is -2.04. The van der Waals surface area contributed by atoms with E-state index in [2.05, 4.69) is 16.1 Å². The molecule has 1 aromatic rings. The van der Waals surface area contributed by atoms with E-state index in [1.807, 2.05) is 6.07 Å². The number of nitriles is 1. The van der Waals surface area contributed by atoms with Gasteiger partial charge in [0.1, 0.15) is 5.82 Å². The molecule has 0 bridgehead atoms. The van der Waals surface area contributed by atoms with E-state index in [0.717, 1.165) is 25.9 Å². The van der Waals surface area contributed by atoms with Crippen molar-refractivity contribution in [1.29, 1.82) is 5.26 Å². The molecule has 0 atom stereocenters. The van der Waals surface area contributed by atoms with E-state index < -0.39 is 0 Å². The fourth-order valence-electron chi connectivity index (χ4n) is 2.29. The molecule has 98 valence electrons. The Morgan fingerprint density at radius 2 is 2.16 bits per heavy atom. The van der Waals surface area contributed by atoms with Gasteiger partial charge in [-0.2, -0.15) is 5.26 Å². The number of nitrogens with one attached hydrogen (secondary N) is 1. The fraction of sp³-hybridized carbons (Fsp3) is 0.400. The van der Waals surface area contributed by atoms with Crippen LogP contribution in [0.2, 0.25) is 0 Å². The Bertz CT molecular complexity index is 519. The van der Waals surface area contributed by atoms with E-state index >= 15 is 0 Å². The molecule has 4 heteroatoms. The van der Waals surface area contributed by atoms with Crippen LogP contribution in [-0.2, 0) is 0 Å². The molecule has 2 rings (SSSR count). The molecule has 1 aliphatic rings. The number of rotatable bonds is 3. The number of benzene rings is 1. The van der Waals surface area contributed by atoms with Gasteiger partial charge in [-0.3, -0.25) is 4.90 Å². The van der Waals surface area contributed by atoms with Crippen molar-refractivity contribution in [2.75, 3.05) is 25.0 Å². The van der Waals surface area contributed by atoms with E-state index in [9.17, 15) is 4.39 Å². The molecule has 0 aromatic heterocycles. The summed E-state index contributed by atoms with van der Waals surface area (Å²) in [4.78, 5) is 2.22. The van der Waals surface area contributed by atoms with Crippen molar-refractivity contribution in [3.05, 3.63) is 29.6 Å². The standard InChI is InChI=1S/C15H16FN3/c1-2-7-19-8-5-13(6-9-19)18-15-4-3-12(11-17)10-14(15)16/h1,3-4,10,13,18H,5-9H2. The summed E-state index contributed by atoms with van der Waals surface area (Å²) in [6, 6.07) is 6.70. The number of likely N-dealkylation sites (tertiary alicyclic amines) is 1. The normalized spacial score (nSPS) is 16.6. The van der Waals surface area contributed by atoms with Gasteiger partial charge in [-0.25, -0.2) is 4.39 Å². The first-order valence-corrected chi connectivity index (χ1v) is 6.35. The summed E-state index contributed by atoms with van der Waals surface area (Å²) in [5, 5.41) is 11.9. The molecular weight excluding hydrogens is 241 g/mol. The number of halogens is 1. The highest BCUT2D eigenvalue weighted by Crippen LogP contribution is 2.20. The SMILES string of the molecule is C#CCN1CCC(Nc2ccc(C#N)cc2F)CC1. The van der Waals surface area contributed by atoms with Gasteiger partial charge in [-0.15, -0.1) is 6.42 Å². The molecule has 1 N–H and O–H groups in total. The second kappa shape index (κ2) is 6.22. The van der Waals surface area contributed by atoms with Crippen LogP contribution in [0.1, 0.15) is 18.4 Å². The monoisotopic (exact) mass is 257 g/mol. The Morgan fingerprint density at radius 1 is 1.42 bits per heavy atom.